The van der Waals surface area contributed by atoms with E-state index in [0.717, 1.165) is 0 Å². The molecule has 2 aromatic carbocycles. The number of H-pyrrole nitrogens is 1. The van der Waals surface area contributed by atoms with E-state index in [1.165, 1.54) is 50.6 Å². The van der Waals surface area contributed by atoms with Crippen molar-refractivity contribution in [3.8, 4) is 11.5 Å². The molecule has 34 heavy (non-hydrogen) atoms. The summed E-state index contributed by atoms with van der Waals surface area (Å²) >= 11 is 5.45. The molecule has 0 aliphatic carbocycles. The van der Waals surface area contributed by atoms with Gasteiger partial charge in [-0.2, -0.15) is 26.3 Å². The highest BCUT2D eigenvalue weighted by atomic mass is 35.5. The van der Waals surface area contributed by atoms with Gasteiger partial charge in [-0.3, -0.25) is 4.79 Å². The summed E-state index contributed by atoms with van der Waals surface area (Å²) in [5, 5.41) is -0.668. The van der Waals surface area contributed by atoms with E-state index >= 15 is 0 Å². The molecule has 4 rings (SSSR count). The summed E-state index contributed by atoms with van der Waals surface area (Å²) in [6.07, 6.45) is -9.39. The van der Waals surface area contributed by atoms with Gasteiger partial charge in [0.2, 0.25) is 5.69 Å². The fourth-order valence-corrected chi connectivity index (χ4v) is 2.94. The predicted molar refractivity (Wildman–Crippen MR) is 110 cm³/mol. The van der Waals surface area contributed by atoms with Crippen molar-refractivity contribution in [1.29, 1.82) is 0 Å². The summed E-state index contributed by atoms with van der Waals surface area (Å²) in [7, 11) is 2.83. The lowest BCUT2D eigenvalue weighted by Gasteiger charge is -2.08. The van der Waals surface area contributed by atoms with Crippen molar-refractivity contribution in [3.63, 3.8) is 0 Å². The number of benzene rings is 2. The molecule has 0 amide bonds. The Hall–Kier alpha value is -3.61. The number of methoxy groups -OCH3 is 2. The van der Waals surface area contributed by atoms with Crippen LogP contribution < -0.4 is 15.0 Å². The number of rotatable bonds is 2. The van der Waals surface area contributed by atoms with Gasteiger partial charge in [0.1, 0.15) is 11.5 Å². The number of aromatic amines is 1. The van der Waals surface area contributed by atoms with Gasteiger partial charge in [-0.25, -0.2) is 15.0 Å². The third-order valence-corrected chi connectivity index (χ3v) is 4.53. The normalized spacial score (nSPS) is 11.8. The fraction of sp³-hybridized carbons (Fsp3) is 0.200. The van der Waals surface area contributed by atoms with E-state index in [-0.39, 0.29) is 22.1 Å². The van der Waals surface area contributed by atoms with Crippen LogP contribution in [0.3, 0.4) is 0 Å². The van der Waals surface area contributed by atoms with Gasteiger partial charge >= 0.3 is 12.4 Å². The van der Waals surface area contributed by atoms with Crippen LogP contribution in [-0.2, 0) is 12.4 Å². The monoisotopic (exact) mass is 506 g/mol. The number of aromatic nitrogens is 4. The molecule has 14 heteroatoms. The van der Waals surface area contributed by atoms with E-state index in [9.17, 15) is 31.1 Å². The van der Waals surface area contributed by atoms with Gasteiger partial charge in [-0.15, -0.1) is 0 Å². The Kier molecular flexibility index (Phi) is 6.87. The number of nitrogens with one attached hydrogen (secondary N) is 1. The molecular weight excluding hydrogens is 494 g/mol. The van der Waals surface area contributed by atoms with E-state index < -0.39 is 34.5 Å². The summed E-state index contributed by atoms with van der Waals surface area (Å²) in [4.78, 5) is 23.7. The third-order valence-electron chi connectivity index (χ3n) is 4.27. The molecule has 0 aliphatic heterocycles. The second-order valence-electron chi connectivity index (χ2n) is 6.51. The van der Waals surface area contributed by atoms with Crippen LogP contribution >= 0.6 is 11.6 Å². The summed E-state index contributed by atoms with van der Waals surface area (Å²) in [6, 6.07) is 8.64. The zero-order valence-corrected chi connectivity index (χ0v) is 17.9. The SMILES string of the molecule is COc1ccc2[nH]c(=O)c(C(F)(F)F)nc2c1.COc1ccc2nc(C(F)(F)F)c(Cl)nc2c1. The molecule has 2 heterocycles. The zero-order valence-electron chi connectivity index (χ0n) is 17.2. The van der Waals surface area contributed by atoms with E-state index in [1.54, 1.807) is 0 Å². The highest BCUT2D eigenvalue weighted by Crippen LogP contribution is 2.33. The van der Waals surface area contributed by atoms with Gasteiger partial charge in [-0.05, 0) is 24.3 Å². The fourth-order valence-electron chi connectivity index (χ4n) is 2.70. The molecule has 4 aromatic rings. The molecule has 0 spiro atoms. The van der Waals surface area contributed by atoms with Crippen LogP contribution in [0.5, 0.6) is 11.5 Å². The Morgan fingerprint density at radius 1 is 0.765 bits per heavy atom. The van der Waals surface area contributed by atoms with Gasteiger partial charge < -0.3 is 14.5 Å². The highest BCUT2D eigenvalue weighted by molar-refractivity contribution is 6.30. The maximum Gasteiger partial charge on any atom is 0.438 e. The van der Waals surface area contributed by atoms with Crippen LogP contribution in [0.25, 0.3) is 22.1 Å². The number of hydrogen-bond acceptors (Lipinski definition) is 6. The van der Waals surface area contributed by atoms with Crippen LogP contribution in [0.2, 0.25) is 5.15 Å². The molecule has 0 saturated carbocycles. The van der Waals surface area contributed by atoms with Crippen molar-refractivity contribution >= 4 is 33.7 Å². The maximum absolute atomic E-state index is 12.5. The van der Waals surface area contributed by atoms with Gasteiger partial charge in [-0.1, -0.05) is 11.6 Å². The molecule has 7 nitrogen and oxygen atoms in total. The first-order chi connectivity index (χ1) is 15.8. The van der Waals surface area contributed by atoms with Crippen molar-refractivity contribution in [1.82, 2.24) is 19.9 Å². The Morgan fingerprint density at radius 2 is 1.29 bits per heavy atom. The van der Waals surface area contributed by atoms with Crippen molar-refractivity contribution in [3.05, 3.63) is 63.3 Å². The molecule has 0 unspecified atom stereocenters. The summed E-state index contributed by atoms with van der Waals surface area (Å²) < 4.78 is 84.7. The van der Waals surface area contributed by atoms with Gasteiger partial charge in [0, 0.05) is 12.1 Å². The largest absolute Gasteiger partial charge is 0.497 e. The Balaban J connectivity index is 0.000000191. The number of nitrogens with zero attached hydrogens (tertiary/aromatic N) is 3. The second kappa shape index (κ2) is 9.33. The zero-order chi connectivity index (χ0) is 25.3. The van der Waals surface area contributed by atoms with E-state index in [1.807, 2.05) is 0 Å². The standard InChI is InChI=1S/C10H6ClF3N2O.C10H7F3N2O2/c1-17-5-2-3-6-7(4-5)16-9(11)8(15-6)10(12,13)14;1-17-5-2-3-6-7(4-5)14-8(9(16)15-6)10(11,12)13/h2-4H,1H3;2-4H,1H3,(H,15,16). The molecule has 0 aliphatic rings. The van der Waals surface area contributed by atoms with Crippen molar-refractivity contribution < 1.29 is 35.8 Å². The Labute approximate surface area is 191 Å². The van der Waals surface area contributed by atoms with E-state index in [0.29, 0.717) is 11.5 Å². The minimum absolute atomic E-state index is 0.0243. The first-order valence-corrected chi connectivity index (χ1v) is 9.45. The molecule has 0 atom stereocenters. The summed E-state index contributed by atoms with van der Waals surface area (Å²) in [5.74, 6) is 0.841. The molecule has 2 aromatic heterocycles. The maximum atomic E-state index is 12.5. The van der Waals surface area contributed by atoms with E-state index in [2.05, 4.69) is 19.9 Å². The van der Waals surface area contributed by atoms with Crippen LogP contribution in [0, 0.1) is 0 Å². The van der Waals surface area contributed by atoms with Crippen LogP contribution in [-0.4, -0.2) is 34.2 Å². The highest BCUT2D eigenvalue weighted by Gasteiger charge is 2.37. The lowest BCUT2D eigenvalue weighted by Crippen LogP contribution is -2.23. The minimum Gasteiger partial charge on any atom is -0.497 e. The lowest BCUT2D eigenvalue weighted by atomic mass is 10.2. The van der Waals surface area contributed by atoms with Crippen LogP contribution in [0.1, 0.15) is 11.4 Å². The van der Waals surface area contributed by atoms with Crippen molar-refractivity contribution in [2.45, 2.75) is 12.4 Å². The minimum atomic E-state index is -4.77. The Bertz CT molecular complexity index is 1410. The van der Waals surface area contributed by atoms with Crippen LogP contribution in [0.4, 0.5) is 26.3 Å². The number of ether oxygens (including phenoxy) is 2. The molecule has 0 fully saturated rings. The molecule has 0 radical (unpaired) electrons. The number of alkyl halides is 6. The van der Waals surface area contributed by atoms with Gasteiger partial charge in [0.05, 0.1) is 36.3 Å². The van der Waals surface area contributed by atoms with Crippen molar-refractivity contribution in [2.75, 3.05) is 14.2 Å². The first-order valence-electron chi connectivity index (χ1n) is 9.07. The number of fused-ring (bicyclic) bond motifs is 2. The summed E-state index contributed by atoms with van der Waals surface area (Å²) in [5.41, 5.74) is -3.28. The molecule has 1 N–H and O–H groups in total. The third kappa shape index (κ3) is 5.47. The lowest BCUT2D eigenvalue weighted by molar-refractivity contribution is -0.142. The Morgan fingerprint density at radius 3 is 1.85 bits per heavy atom. The second-order valence-corrected chi connectivity index (χ2v) is 6.87. The van der Waals surface area contributed by atoms with Crippen LogP contribution in [0.15, 0.2) is 41.2 Å². The van der Waals surface area contributed by atoms with Crippen molar-refractivity contribution in [2.24, 2.45) is 0 Å². The topological polar surface area (TPSA) is 90.0 Å². The molecule has 0 saturated heterocycles. The average Bonchev–Trinajstić information content (AvgIpc) is 2.76. The van der Waals surface area contributed by atoms with Gasteiger partial charge in [0.15, 0.2) is 10.8 Å². The quantitative estimate of drug-likeness (QED) is 0.373. The molecule has 0 bridgehead atoms. The predicted octanol–water partition coefficient (Wildman–Crippen LogP) is 5.26. The first kappa shape index (κ1) is 25.0. The smallest absolute Gasteiger partial charge is 0.438 e. The average molecular weight is 507 g/mol. The number of hydrogen-bond donors (Lipinski definition) is 1. The molecular formula is C20H13ClF6N4O3. The van der Waals surface area contributed by atoms with Gasteiger partial charge in [0.25, 0.3) is 5.56 Å². The molecule has 180 valence electrons. The van der Waals surface area contributed by atoms with E-state index in [4.69, 9.17) is 21.1 Å². The summed E-state index contributed by atoms with van der Waals surface area (Å²) in [6.45, 7) is 0. The number of halogens is 7.